The number of para-hydroxylation sites is 2. The van der Waals surface area contributed by atoms with Crippen LogP contribution in [0.25, 0.3) is 0 Å². The summed E-state index contributed by atoms with van der Waals surface area (Å²) in [6, 6.07) is 24.2. The molecule has 4 N–H and O–H groups in total. The van der Waals surface area contributed by atoms with Crippen molar-refractivity contribution in [1.29, 1.82) is 0 Å². The van der Waals surface area contributed by atoms with E-state index < -0.39 is 10.8 Å². The standard InChI is InChI=1S/C64H82F2N10O8/c1-41-29-73(35-57(77)75-39-63(3,4)59-53(75)25-45(61(79)69-59)23-43-11-15-47(65)16-12-43)49(27-67-41)31-71-19-21-81-51(33-71)37-83-55-9-7-8-10-56(55)84-38-52-34-72(20-22-82-52)32-50-28-68-42(2)30-74(50)36-58(78)76-40-64(5,6)60-54(76)26-46(62(80)70-60)24-44-13-17-48(66)18-14-44/h7-18,25-26,41-42,49-52,67-68H,19-24,27-40H2,1-6H3,(H,69,79)(H,70,80)/t41-,42-,49-,50-,51+,52+/m1/s1. The van der Waals surface area contributed by atoms with Crippen LogP contribution in [0.4, 0.5) is 20.2 Å². The topological polar surface area (TPSA) is 180 Å². The summed E-state index contributed by atoms with van der Waals surface area (Å²) < 4.78 is 52.9. The molecule has 450 valence electrons. The van der Waals surface area contributed by atoms with Gasteiger partial charge in [0.15, 0.2) is 11.5 Å². The Kier molecular flexibility index (Phi) is 17.9. The number of amides is 2. The Morgan fingerprint density at radius 2 is 1.00 bits per heavy atom. The van der Waals surface area contributed by atoms with Gasteiger partial charge in [0.1, 0.15) is 37.1 Å². The van der Waals surface area contributed by atoms with Gasteiger partial charge in [0.05, 0.1) is 37.7 Å². The summed E-state index contributed by atoms with van der Waals surface area (Å²) in [6.07, 6.45) is 0.271. The number of H-pyrrole nitrogens is 2. The van der Waals surface area contributed by atoms with Crippen LogP contribution in [0.5, 0.6) is 11.5 Å². The number of nitrogens with zero attached hydrogens (tertiary/aromatic N) is 6. The molecule has 0 unspecified atom stereocenters. The normalized spacial score (nSPS) is 24.7. The Labute approximate surface area is 490 Å². The number of pyridine rings is 2. The maximum atomic E-state index is 14.4. The van der Waals surface area contributed by atoms with Gasteiger partial charge < -0.3 is 49.3 Å². The van der Waals surface area contributed by atoms with Crippen LogP contribution in [0.15, 0.2) is 94.5 Å². The van der Waals surface area contributed by atoms with Crippen molar-refractivity contribution >= 4 is 23.2 Å². The fraction of sp³-hybridized carbons (Fsp3) is 0.531. The molecular formula is C64H82F2N10O8. The van der Waals surface area contributed by atoms with Gasteiger partial charge in [-0.25, -0.2) is 8.78 Å². The van der Waals surface area contributed by atoms with E-state index in [9.17, 15) is 28.0 Å². The zero-order chi connectivity index (χ0) is 58.9. The molecule has 2 aromatic heterocycles. The number of morpholine rings is 2. The zero-order valence-corrected chi connectivity index (χ0v) is 49.4. The van der Waals surface area contributed by atoms with E-state index in [0.717, 1.165) is 73.2 Å². The van der Waals surface area contributed by atoms with Gasteiger partial charge in [-0.2, -0.15) is 0 Å². The fourth-order valence-corrected chi connectivity index (χ4v) is 13.1. The molecule has 6 atom stereocenters. The highest BCUT2D eigenvalue weighted by atomic mass is 19.1. The smallest absolute Gasteiger partial charge is 0.251 e. The van der Waals surface area contributed by atoms with Crippen molar-refractivity contribution in [2.75, 3.05) is 128 Å². The number of nitrogens with one attached hydrogen (secondary N) is 4. The monoisotopic (exact) mass is 1160 g/mol. The first-order chi connectivity index (χ1) is 40.3. The van der Waals surface area contributed by atoms with Crippen molar-refractivity contribution in [1.82, 2.24) is 40.2 Å². The molecule has 6 aliphatic heterocycles. The van der Waals surface area contributed by atoms with Crippen molar-refractivity contribution in [2.24, 2.45) is 0 Å². The van der Waals surface area contributed by atoms with Crippen LogP contribution in [-0.2, 0) is 42.7 Å². The number of piperazine rings is 2. The third-order valence-electron chi connectivity index (χ3n) is 17.7. The average Bonchev–Trinajstić information content (AvgIpc) is 2.37. The third-order valence-corrected chi connectivity index (χ3v) is 17.7. The lowest BCUT2D eigenvalue weighted by Crippen LogP contribution is -2.62. The number of ether oxygens (including phenoxy) is 4. The first-order valence-electron chi connectivity index (χ1n) is 29.9. The van der Waals surface area contributed by atoms with Crippen LogP contribution < -0.4 is 41.0 Å². The molecule has 2 amide bonds. The number of aromatic amines is 2. The lowest BCUT2D eigenvalue weighted by atomic mass is 9.91. The molecule has 20 heteroatoms. The van der Waals surface area contributed by atoms with Gasteiger partial charge in [-0.1, -0.05) is 64.1 Å². The highest BCUT2D eigenvalue weighted by molar-refractivity contribution is 5.98. The van der Waals surface area contributed by atoms with Crippen LogP contribution in [0.3, 0.4) is 0 Å². The number of fused-ring (bicyclic) bond motifs is 2. The Hall–Kier alpha value is -6.36. The molecule has 0 radical (unpaired) electrons. The second kappa shape index (κ2) is 25.3. The number of hydrogen-bond donors (Lipinski definition) is 4. The zero-order valence-electron chi connectivity index (χ0n) is 49.4. The summed E-state index contributed by atoms with van der Waals surface area (Å²) in [4.78, 5) is 74.8. The van der Waals surface area contributed by atoms with Gasteiger partial charge in [-0.05, 0) is 73.5 Å². The van der Waals surface area contributed by atoms with Gasteiger partial charge in [0, 0.05) is 149 Å². The number of rotatable bonds is 18. The number of benzene rings is 3. The van der Waals surface area contributed by atoms with E-state index in [2.05, 4.69) is 54.0 Å². The number of anilines is 2. The summed E-state index contributed by atoms with van der Waals surface area (Å²) in [5.41, 5.74) is 4.36. The number of aromatic nitrogens is 2. The fourth-order valence-electron chi connectivity index (χ4n) is 13.1. The number of carbonyl (C=O) groups is 2. The average molecular weight is 1160 g/mol. The van der Waals surface area contributed by atoms with E-state index in [1.807, 2.05) is 73.9 Å². The lowest BCUT2D eigenvalue weighted by Gasteiger charge is -2.43. The molecule has 18 nitrogen and oxygen atoms in total. The Balaban J connectivity index is 0.665. The summed E-state index contributed by atoms with van der Waals surface area (Å²) >= 11 is 0. The van der Waals surface area contributed by atoms with Crippen LogP contribution in [-0.4, -0.2) is 196 Å². The van der Waals surface area contributed by atoms with Crippen LogP contribution in [0, 0.1) is 11.6 Å². The Morgan fingerprint density at radius 1 is 0.595 bits per heavy atom. The summed E-state index contributed by atoms with van der Waals surface area (Å²) in [6.45, 7) is 22.8. The molecule has 0 spiro atoms. The second-order valence-electron chi connectivity index (χ2n) is 25.5. The molecular weight excluding hydrogens is 1070 g/mol. The Bertz CT molecular complexity index is 3050. The van der Waals surface area contributed by atoms with Crippen molar-refractivity contribution in [2.45, 2.75) is 102 Å². The van der Waals surface area contributed by atoms with Crippen molar-refractivity contribution in [3.8, 4) is 11.5 Å². The molecule has 4 fully saturated rings. The first kappa shape index (κ1) is 59.4. The van der Waals surface area contributed by atoms with Gasteiger partial charge >= 0.3 is 0 Å². The quantitative estimate of drug-likeness (QED) is 0.0953. The molecule has 5 aromatic rings. The second-order valence-corrected chi connectivity index (χ2v) is 25.5. The van der Waals surface area contributed by atoms with Crippen molar-refractivity contribution in [3.05, 3.63) is 151 Å². The van der Waals surface area contributed by atoms with Crippen LogP contribution in [0.2, 0.25) is 0 Å². The van der Waals surface area contributed by atoms with E-state index >= 15 is 0 Å². The SMILES string of the molecule is C[C@@H]1CN(CC(=O)N2CC(C)(C)c3[nH]c(=O)c(Cc4ccc(F)cc4)cc32)[C@@H](CN2CCO[C@H](COc3ccccc3OC[C@@H]3CN(C[C@H]4CN[C@H](C)CN4CC(=O)N4CC(C)(C)c5[nH]c(=O)c(Cc6ccc(F)cc6)cc54)CCO3)C2)CN1. The maximum Gasteiger partial charge on any atom is 0.251 e. The maximum absolute atomic E-state index is 14.4. The number of hydrogen-bond acceptors (Lipinski definition) is 14. The highest BCUT2D eigenvalue weighted by Crippen LogP contribution is 2.41. The van der Waals surface area contributed by atoms with Gasteiger partial charge in [0.2, 0.25) is 11.8 Å². The largest absolute Gasteiger partial charge is 0.487 e. The van der Waals surface area contributed by atoms with E-state index in [1.165, 1.54) is 24.3 Å². The molecule has 3 aromatic carbocycles. The predicted octanol–water partition coefficient (Wildman–Crippen LogP) is 4.66. The van der Waals surface area contributed by atoms with E-state index in [4.69, 9.17) is 18.9 Å². The van der Waals surface area contributed by atoms with Crippen LogP contribution in [0.1, 0.15) is 75.2 Å². The molecule has 6 aliphatic rings. The minimum Gasteiger partial charge on any atom is -0.487 e. The van der Waals surface area contributed by atoms with E-state index in [0.29, 0.717) is 101 Å². The summed E-state index contributed by atoms with van der Waals surface area (Å²) in [5, 5.41) is 7.29. The summed E-state index contributed by atoms with van der Waals surface area (Å²) in [7, 11) is 0. The molecule has 11 rings (SSSR count). The number of carbonyl (C=O) groups excluding carboxylic acids is 2. The van der Waals surface area contributed by atoms with Crippen LogP contribution >= 0.6 is 0 Å². The van der Waals surface area contributed by atoms with Crippen molar-refractivity contribution in [3.63, 3.8) is 0 Å². The molecule has 8 heterocycles. The Morgan fingerprint density at radius 3 is 1.40 bits per heavy atom. The molecule has 84 heavy (non-hydrogen) atoms. The molecule has 0 aliphatic carbocycles. The number of halogens is 2. The highest BCUT2D eigenvalue weighted by Gasteiger charge is 2.43. The summed E-state index contributed by atoms with van der Waals surface area (Å²) in [5.74, 6) is 0.556. The van der Waals surface area contributed by atoms with Gasteiger partial charge in [-0.3, -0.25) is 38.8 Å². The minimum atomic E-state index is -0.447. The van der Waals surface area contributed by atoms with E-state index in [1.54, 1.807) is 24.3 Å². The predicted molar refractivity (Wildman–Crippen MR) is 319 cm³/mol. The lowest BCUT2D eigenvalue weighted by molar-refractivity contribution is -0.121. The molecule has 4 saturated heterocycles. The van der Waals surface area contributed by atoms with Gasteiger partial charge in [-0.15, -0.1) is 0 Å². The third kappa shape index (κ3) is 13.8. The molecule has 0 bridgehead atoms. The first-order valence-corrected chi connectivity index (χ1v) is 29.9. The van der Waals surface area contributed by atoms with Crippen molar-refractivity contribution < 1.29 is 37.3 Å². The minimum absolute atomic E-state index is 0.0148. The molecule has 0 saturated carbocycles. The van der Waals surface area contributed by atoms with E-state index in [-0.39, 0.29) is 84.0 Å². The van der Waals surface area contributed by atoms with Gasteiger partial charge in [0.25, 0.3) is 11.1 Å².